The van der Waals surface area contributed by atoms with Crippen molar-refractivity contribution < 1.29 is 31.1 Å². The Hall–Kier alpha value is -2.64. The van der Waals surface area contributed by atoms with Crippen molar-refractivity contribution in [3.8, 4) is 0 Å². The van der Waals surface area contributed by atoms with E-state index in [2.05, 4.69) is 4.99 Å². The molecule has 2 fully saturated rings. The van der Waals surface area contributed by atoms with Gasteiger partial charge in [-0.05, 0) is 24.3 Å². The predicted molar refractivity (Wildman–Crippen MR) is 119 cm³/mol. The second kappa shape index (κ2) is 9.55. The quantitative estimate of drug-likeness (QED) is 0.617. The van der Waals surface area contributed by atoms with E-state index < -0.39 is 22.1 Å². The maximum absolute atomic E-state index is 13.5. The summed E-state index contributed by atoms with van der Waals surface area (Å²) in [6, 6.07) is 2.69. The molecule has 0 aromatic heterocycles. The van der Waals surface area contributed by atoms with Crippen molar-refractivity contribution in [1.29, 1.82) is 0 Å². The van der Waals surface area contributed by atoms with Crippen LogP contribution in [0.3, 0.4) is 0 Å². The Morgan fingerprint density at radius 2 is 1.76 bits per heavy atom. The highest BCUT2D eigenvalue weighted by Crippen LogP contribution is 2.30. The average Bonchev–Trinajstić information content (AvgIpc) is 2.83. The molecule has 0 bridgehead atoms. The van der Waals surface area contributed by atoms with Crippen LogP contribution in [0, 0.1) is 0 Å². The van der Waals surface area contributed by atoms with Gasteiger partial charge in [-0.15, -0.1) is 0 Å². The number of aliphatic imine (C=N–C) groups is 1. The van der Waals surface area contributed by atoms with Gasteiger partial charge in [-0.25, -0.2) is 18.4 Å². The zero-order chi connectivity index (χ0) is 24.5. The smallest absolute Gasteiger partial charge is 0.378 e. The number of nitrogens with zero attached hydrogens (tertiary/aromatic N) is 5. The topological polar surface area (TPSA) is 85.8 Å². The van der Waals surface area contributed by atoms with E-state index >= 15 is 0 Å². The molecule has 1 amide bonds. The van der Waals surface area contributed by atoms with Gasteiger partial charge in [0, 0.05) is 57.4 Å². The monoisotopic (exact) mass is 501 g/mol. The molecule has 0 radical (unpaired) electrons. The second-order valence-electron chi connectivity index (χ2n) is 8.27. The first kappa shape index (κ1) is 24.5. The Balaban J connectivity index is 1.53. The number of alkyl halides is 3. The summed E-state index contributed by atoms with van der Waals surface area (Å²) in [6.45, 7) is 2.83. The number of carbonyl (C=O) groups is 1. The van der Waals surface area contributed by atoms with E-state index in [0.717, 1.165) is 29.9 Å². The summed E-state index contributed by atoms with van der Waals surface area (Å²) in [5.41, 5.74) is 0.877. The predicted octanol–water partition coefficient (Wildman–Crippen LogP) is 1.39. The number of hydrogen-bond acceptors (Lipinski definition) is 8. The Kier molecular flexibility index (Phi) is 6.87. The molecule has 3 aliphatic heterocycles. The highest BCUT2D eigenvalue weighted by molar-refractivity contribution is 7.90. The lowest BCUT2D eigenvalue weighted by Gasteiger charge is -2.44. The van der Waals surface area contributed by atoms with Crippen LogP contribution in [0.5, 0.6) is 0 Å². The van der Waals surface area contributed by atoms with Gasteiger partial charge in [-0.3, -0.25) is 9.80 Å². The summed E-state index contributed by atoms with van der Waals surface area (Å²) in [5, 5.41) is 2.57. The number of ether oxygens (including phenoxy) is 1. The fourth-order valence-corrected chi connectivity index (χ4v) is 4.85. The maximum Gasteiger partial charge on any atom is 0.414 e. The van der Waals surface area contributed by atoms with E-state index in [1.165, 1.54) is 17.1 Å². The number of halogens is 3. The van der Waals surface area contributed by atoms with Crippen molar-refractivity contribution in [2.45, 2.75) is 17.1 Å². The number of amides is 1. The first-order valence-corrected chi connectivity index (χ1v) is 12.7. The van der Waals surface area contributed by atoms with Gasteiger partial charge in [-0.1, -0.05) is 0 Å². The Morgan fingerprint density at radius 3 is 2.38 bits per heavy atom. The van der Waals surface area contributed by atoms with Crippen molar-refractivity contribution in [3.05, 3.63) is 36.0 Å². The third-order valence-electron chi connectivity index (χ3n) is 6.01. The lowest BCUT2D eigenvalue weighted by molar-refractivity contribution is -0.190. The molecule has 34 heavy (non-hydrogen) atoms. The number of benzene rings is 1. The third kappa shape index (κ3) is 5.20. The summed E-state index contributed by atoms with van der Waals surface area (Å²) in [6.07, 6.45) is -0.134. The summed E-state index contributed by atoms with van der Waals surface area (Å²) in [7, 11) is -3.54. The van der Waals surface area contributed by atoms with Crippen LogP contribution in [0.4, 0.5) is 18.9 Å². The van der Waals surface area contributed by atoms with Crippen LogP contribution >= 0.6 is 0 Å². The lowest BCUT2D eigenvalue weighted by atomic mass is 10.1. The first-order chi connectivity index (χ1) is 16.1. The fourth-order valence-electron chi connectivity index (χ4n) is 4.20. The molecule has 2 saturated heterocycles. The van der Waals surface area contributed by atoms with Crippen LogP contribution in [-0.2, 0) is 14.6 Å². The zero-order valence-corrected chi connectivity index (χ0v) is 19.4. The van der Waals surface area contributed by atoms with Gasteiger partial charge >= 0.3 is 6.18 Å². The van der Waals surface area contributed by atoms with Crippen LogP contribution in [0.25, 0.3) is 0 Å². The molecule has 1 aromatic rings. The van der Waals surface area contributed by atoms with Gasteiger partial charge in [0.15, 0.2) is 15.9 Å². The largest absolute Gasteiger partial charge is 0.414 e. The van der Waals surface area contributed by atoms with Crippen molar-refractivity contribution >= 4 is 27.8 Å². The Labute approximate surface area is 196 Å². The number of sulfone groups is 1. The standard InChI is InChI=1S/C21H26F3N5O4S/c1-34(31,32)16-2-3-18(26-10-12-33-13-11-26)17(14-16)20(30)27-6-8-28(9-7-27)29-15-25-5-4-19(29)21(22,23)24/h2-5,14-15,19H,6-13H2,1H3. The molecule has 0 saturated carbocycles. The van der Waals surface area contributed by atoms with Crippen molar-refractivity contribution in [1.82, 2.24) is 14.9 Å². The molecule has 9 nitrogen and oxygen atoms in total. The van der Waals surface area contributed by atoms with Crippen molar-refractivity contribution in [3.63, 3.8) is 0 Å². The Morgan fingerprint density at radius 1 is 1.09 bits per heavy atom. The number of rotatable bonds is 4. The van der Waals surface area contributed by atoms with E-state index in [-0.39, 0.29) is 42.5 Å². The lowest BCUT2D eigenvalue weighted by Crippen LogP contribution is -2.60. The van der Waals surface area contributed by atoms with E-state index in [9.17, 15) is 26.4 Å². The van der Waals surface area contributed by atoms with Crippen LogP contribution in [-0.4, -0.2) is 107 Å². The van der Waals surface area contributed by atoms with Gasteiger partial charge in [-0.2, -0.15) is 13.2 Å². The third-order valence-corrected chi connectivity index (χ3v) is 7.12. The Bertz CT molecular complexity index is 1080. The summed E-state index contributed by atoms with van der Waals surface area (Å²) in [5.74, 6) is -0.355. The van der Waals surface area contributed by atoms with Crippen LogP contribution in [0.1, 0.15) is 10.4 Å². The van der Waals surface area contributed by atoms with Crippen LogP contribution in [0.2, 0.25) is 0 Å². The fraction of sp³-hybridized carbons (Fsp3) is 0.524. The molecule has 186 valence electrons. The zero-order valence-electron chi connectivity index (χ0n) is 18.6. The number of hydrazine groups is 1. The molecule has 0 spiro atoms. The van der Waals surface area contributed by atoms with Gasteiger partial charge in [0.05, 0.1) is 23.7 Å². The number of piperazine rings is 1. The summed E-state index contributed by atoms with van der Waals surface area (Å²) >= 11 is 0. The first-order valence-electron chi connectivity index (χ1n) is 10.8. The number of hydrogen-bond donors (Lipinski definition) is 0. The molecular formula is C21H26F3N5O4S. The normalized spacial score (nSPS) is 22.4. The molecule has 3 aliphatic rings. The summed E-state index contributed by atoms with van der Waals surface area (Å²) < 4.78 is 69.9. The molecule has 1 unspecified atom stereocenters. The second-order valence-corrected chi connectivity index (χ2v) is 10.3. The molecule has 3 heterocycles. The average molecular weight is 502 g/mol. The molecule has 1 aromatic carbocycles. The van der Waals surface area contributed by atoms with Gasteiger partial charge in [0.1, 0.15) is 6.34 Å². The number of anilines is 1. The molecule has 0 N–H and O–H groups in total. The van der Waals surface area contributed by atoms with Crippen molar-refractivity contribution in [2.75, 3.05) is 63.6 Å². The number of carbonyl (C=O) groups excluding carboxylic acids is 1. The van der Waals surface area contributed by atoms with Crippen LogP contribution < -0.4 is 4.90 Å². The van der Waals surface area contributed by atoms with E-state index in [0.29, 0.717) is 32.0 Å². The number of morpholine rings is 1. The molecule has 1 atom stereocenters. The molecule has 13 heteroatoms. The minimum Gasteiger partial charge on any atom is -0.378 e. The van der Waals surface area contributed by atoms with Gasteiger partial charge in [0.2, 0.25) is 0 Å². The van der Waals surface area contributed by atoms with Gasteiger partial charge < -0.3 is 14.5 Å². The minimum absolute atomic E-state index is 0.0378. The minimum atomic E-state index is -4.46. The highest BCUT2D eigenvalue weighted by Gasteiger charge is 2.44. The van der Waals surface area contributed by atoms with E-state index in [4.69, 9.17) is 4.74 Å². The van der Waals surface area contributed by atoms with Crippen molar-refractivity contribution in [2.24, 2.45) is 4.99 Å². The van der Waals surface area contributed by atoms with Gasteiger partial charge in [0.25, 0.3) is 5.91 Å². The highest BCUT2D eigenvalue weighted by atomic mass is 32.2. The van der Waals surface area contributed by atoms with Crippen LogP contribution in [0.15, 0.2) is 40.4 Å². The summed E-state index contributed by atoms with van der Waals surface area (Å²) in [4.78, 5) is 20.8. The SMILES string of the molecule is CS(=O)(=O)c1ccc(N2CCOCC2)c(C(=O)N2CCN(N3C=NC=CC3C(F)(F)F)CC2)c1. The van der Waals surface area contributed by atoms with E-state index in [1.807, 2.05) is 4.90 Å². The molecule has 0 aliphatic carbocycles. The maximum atomic E-state index is 13.5. The van der Waals surface area contributed by atoms with E-state index in [1.54, 1.807) is 11.0 Å². The molecular weight excluding hydrogens is 475 g/mol. The molecule has 4 rings (SSSR count).